The van der Waals surface area contributed by atoms with Crippen molar-refractivity contribution < 1.29 is 53.8 Å². The summed E-state index contributed by atoms with van der Waals surface area (Å²) in [4.78, 5) is 11.8. The molecule has 39 heavy (non-hydrogen) atoms. The molecule has 0 unspecified atom stereocenters. The van der Waals surface area contributed by atoms with Crippen LogP contribution in [0.1, 0.15) is 32.3 Å². The van der Waals surface area contributed by atoms with E-state index < -0.39 is 93.5 Å². The fraction of sp³-hybridized carbons (Fsp3) is 0.458. The quantitative estimate of drug-likeness (QED) is 0.412. The van der Waals surface area contributed by atoms with Gasteiger partial charge >= 0.3 is 18.3 Å². The average Bonchev–Trinajstić information content (AvgIpc) is 2.88. The summed E-state index contributed by atoms with van der Waals surface area (Å²) in [7, 11) is -3.68. The third-order valence-electron chi connectivity index (χ3n) is 6.29. The van der Waals surface area contributed by atoms with E-state index in [1.807, 2.05) is 0 Å². The fourth-order valence-corrected chi connectivity index (χ4v) is 5.44. The molecule has 7 nitrogen and oxygen atoms in total. The maximum Gasteiger partial charge on any atom is 0.420 e. The lowest BCUT2D eigenvalue weighted by Gasteiger charge is -2.30. The number of anilines is 2. The zero-order valence-corrected chi connectivity index (χ0v) is 21.7. The number of likely N-dealkylation sites (N-methyl/N-ethyl adjacent to an activating group) is 1. The van der Waals surface area contributed by atoms with Gasteiger partial charge in [0.25, 0.3) is 0 Å². The van der Waals surface area contributed by atoms with Crippen LogP contribution >= 0.6 is 0 Å². The third-order valence-corrected chi connectivity index (χ3v) is 8.23. The Morgan fingerprint density at radius 2 is 1.67 bits per heavy atom. The molecule has 1 atom stereocenters. The second-order valence-corrected chi connectivity index (χ2v) is 11.7. The Morgan fingerprint density at radius 3 is 2.18 bits per heavy atom. The number of benzene rings is 2. The van der Waals surface area contributed by atoms with Crippen molar-refractivity contribution in [1.29, 1.82) is 0 Å². The van der Waals surface area contributed by atoms with Gasteiger partial charge in [-0.25, -0.2) is 12.8 Å². The van der Waals surface area contributed by atoms with Crippen LogP contribution in [0.15, 0.2) is 41.3 Å². The van der Waals surface area contributed by atoms with Crippen LogP contribution in [0.3, 0.4) is 0 Å². The van der Waals surface area contributed by atoms with Crippen LogP contribution in [-0.4, -0.2) is 56.2 Å². The number of ether oxygens (including phenoxy) is 1. The van der Waals surface area contributed by atoms with E-state index in [0.717, 1.165) is 36.2 Å². The minimum atomic E-state index is -5.09. The van der Waals surface area contributed by atoms with Gasteiger partial charge in [-0.15, -0.1) is 0 Å². The van der Waals surface area contributed by atoms with Gasteiger partial charge in [0.2, 0.25) is 10.0 Å². The van der Waals surface area contributed by atoms with Crippen LogP contribution in [0.4, 0.5) is 42.1 Å². The molecule has 2 aromatic rings. The summed E-state index contributed by atoms with van der Waals surface area (Å²) in [5.41, 5.74) is -3.55. The van der Waals surface area contributed by atoms with Crippen LogP contribution < -0.4 is 9.64 Å². The van der Waals surface area contributed by atoms with Crippen molar-refractivity contribution in [3.8, 4) is 5.75 Å². The smallest absolute Gasteiger partial charge is 0.420 e. The van der Waals surface area contributed by atoms with Gasteiger partial charge < -0.3 is 14.7 Å². The molecule has 216 valence electrons. The Labute approximate surface area is 219 Å². The van der Waals surface area contributed by atoms with E-state index in [2.05, 4.69) is 0 Å². The summed E-state index contributed by atoms with van der Waals surface area (Å²) in [6.07, 6.45) is -11.8. The lowest BCUT2D eigenvalue weighted by atomic mass is 9.95. The lowest BCUT2D eigenvalue weighted by molar-refractivity contribution is -0.148. The van der Waals surface area contributed by atoms with Crippen LogP contribution in [0.2, 0.25) is 0 Å². The van der Waals surface area contributed by atoms with E-state index >= 15 is 0 Å². The summed E-state index contributed by atoms with van der Waals surface area (Å²) in [5.74, 6) is -3.05. The van der Waals surface area contributed by atoms with Crippen molar-refractivity contribution >= 4 is 27.4 Å². The van der Waals surface area contributed by atoms with Crippen molar-refractivity contribution in [1.82, 2.24) is 4.31 Å². The molecule has 0 saturated heterocycles. The number of halogens is 7. The van der Waals surface area contributed by atoms with Gasteiger partial charge in [-0.2, -0.15) is 30.6 Å². The van der Waals surface area contributed by atoms with Crippen molar-refractivity contribution in [2.75, 3.05) is 25.1 Å². The minimum absolute atomic E-state index is 0.0361. The first kappa shape index (κ1) is 30.5. The molecule has 2 aromatic carbocycles. The van der Waals surface area contributed by atoms with E-state index in [0.29, 0.717) is 16.4 Å². The maximum absolute atomic E-state index is 14.1. The van der Waals surface area contributed by atoms with Gasteiger partial charge in [-0.05, 0) is 50.6 Å². The molecular formula is C24H25F7N2O5S. The van der Waals surface area contributed by atoms with Gasteiger partial charge in [0.15, 0.2) is 0 Å². The number of nitrogens with zero attached hydrogens (tertiary/aromatic N) is 2. The normalized spacial score (nSPS) is 18.4. The molecule has 0 radical (unpaired) electrons. The number of rotatable bonds is 7. The van der Waals surface area contributed by atoms with Crippen molar-refractivity contribution in [3.63, 3.8) is 0 Å². The van der Waals surface area contributed by atoms with Gasteiger partial charge in [0, 0.05) is 37.8 Å². The third kappa shape index (κ3) is 6.75. The van der Waals surface area contributed by atoms with Gasteiger partial charge in [-0.1, -0.05) is 0 Å². The standard InChI is InChI=1S/C24H25F7N2O5S/c1-22(2,21(34)35)13-38-19-11-20-18(10-17(19)24(29,30)31)33(15-6-4-14(25)5-7-15)12-16(8-9-23(26,27)28)32(3)39(20,36)37/h4-7,10-11,16H,8-9,12-13H2,1-3H3,(H,34,35)/t16-/m0/s1. The first-order valence-electron chi connectivity index (χ1n) is 11.4. The SMILES string of the molecule is CN1[C@@H](CCC(F)(F)F)CN(c2ccc(F)cc2)c2cc(C(F)(F)F)c(OCC(C)(C)C(=O)O)cc2S1(=O)=O. The van der Waals surface area contributed by atoms with Crippen molar-refractivity contribution in [2.45, 2.75) is 50.0 Å². The van der Waals surface area contributed by atoms with Crippen LogP contribution in [-0.2, 0) is 21.0 Å². The first-order valence-corrected chi connectivity index (χ1v) is 12.9. The summed E-state index contributed by atoms with van der Waals surface area (Å²) in [5, 5.41) is 9.29. The molecule has 3 rings (SSSR count). The Balaban J connectivity index is 2.26. The van der Waals surface area contributed by atoms with E-state index in [1.165, 1.54) is 13.8 Å². The highest BCUT2D eigenvalue weighted by atomic mass is 32.2. The molecule has 1 aliphatic rings. The summed E-state index contributed by atoms with van der Waals surface area (Å²) in [6.45, 7) is 1.15. The average molecular weight is 587 g/mol. The Bertz CT molecular complexity index is 1330. The van der Waals surface area contributed by atoms with Gasteiger partial charge in [-0.3, -0.25) is 4.79 Å². The summed E-state index contributed by atoms with van der Waals surface area (Å²) < 4.78 is 128. The van der Waals surface area contributed by atoms with Crippen LogP contribution in [0.5, 0.6) is 5.75 Å². The highest BCUT2D eigenvalue weighted by Crippen LogP contribution is 2.46. The second-order valence-electron chi connectivity index (χ2n) is 9.71. The maximum atomic E-state index is 14.1. The van der Waals surface area contributed by atoms with Crippen LogP contribution in [0.25, 0.3) is 0 Å². The highest BCUT2D eigenvalue weighted by molar-refractivity contribution is 7.89. The monoisotopic (exact) mass is 586 g/mol. The van der Waals surface area contributed by atoms with E-state index in [-0.39, 0.29) is 5.69 Å². The zero-order chi connectivity index (χ0) is 29.6. The Hall–Kier alpha value is -3.07. The number of alkyl halides is 6. The van der Waals surface area contributed by atoms with E-state index in [9.17, 15) is 49.1 Å². The molecule has 0 aromatic heterocycles. The first-order chi connectivity index (χ1) is 17.7. The molecule has 0 spiro atoms. The number of fused-ring (bicyclic) bond motifs is 1. The zero-order valence-electron chi connectivity index (χ0n) is 20.9. The minimum Gasteiger partial charge on any atom is -0.492 e. The highest BCUT2D eigenvalue weighted by Gasteiger charge is 2.43. The topological polar surface area (TPSA) is 87.2 Å². The predicted molar refractivity (Wildman–Crippen MR) is 126 cm³/mol. The largest absolute Gasteiger partial charge is 0.492 e. The van der Waals surface area contributed by atoms with Crippen molar-refractivity contribution in [2.24, 2.45) is 5.41 Å². The molecule has 0 amide bonds. The molecule has 0 fully saturated rings. The molecule has 0 saturated carbocycles. The Morgan fingerprint density at radius 1 is 1.08 bits per heavy atom. The summed E-state index contributed by atoms with van der Waals surface area (Å²) >= 11 is 0. The molecule has 0 bridgehead atoms. The number of sulfonamides is 1. The fourth-order valence-electron chi connectivity index (χ4n) is 3.87. The second kappa shape index (κ2) is 10.5. The molecule has 1 aliphatic heterocycles. The molecule has 1 heterocycles. The van der Waals surface area contributed by atoms with E-state index in [1.54, 1.807) is 0 Å². The van der Waals surface area contributed by atoms with Gasteiger partial charge in [0.05, 0.1) is 16.7 Å². The number of carbonyl (C=O) groups is 1. The van der Waals surface area contributed by atoms with E-state index in [4.69, 9.17) is 4.74 Å². The number of aliphatic carboxylic acids is 1. The van der Waals surface area contributed by atoms with Crippen LogP contribution in [0, 0.1) is 11.2 Å². The molecule has 15 heteroatoms. The number of carboxylic acids is 1. The predicted octanol–water partition coefficient (Wildman–Crippen LogP) is 5.82. The molecule has 0 aliphatic carbocycles. The number of carboxylic acid groups (broad SMARTS) is 1. The summed E-state index contributed by atoms with van der Waals surface area (Å²) in [6, 6.07) is 4.00. The van der Waals surface area contributed by atoms with Crippen molar-refractivity contribution in [3.05, 3.63) is 47.8 Å². The molecular weight excluding hydrogens is 561 g/mol. The van der Waals surface area contributed by atoms with Gasteiger partial charge in [0.1, 0.15) is 23.1 Å². The number of hydrogen-bond donors (Lipinski definition) is 1. The lowest BCUT2D eigenvalue weighted by Crippen LogP contribution is -2.41. The number of hydrogen-bond acceptors (Lipinski definition) is 5. The molecule has 1 N–H and O–H groups in total. The Kier molecular flexibility index (Phi) is 8.19.